The van der Waals surface area contributed by atoms with Crippen LogP contribution in [0.4, 0.5) is 0 Å². The third-order valence-corrected chi connectivity index (χ3v) is 4.89. The van der Waals surface area contributed by atoms with Crippen molar-refractivity contribution >= 4 is 5.78 Å². The lowest BCUT2D eigenvalue weighted by molar-refractivity contribution is -0.125. The van der Waals surface area contributed by atoms with Gasteiger partial charge in [0, 0.05) is 11.8 Å². The number of carbonyl (C=O) groups excluding carboxylic acids is 1. The van der Waals surface area contributed by atoms with Gasteiger partial charge in [-0.05, 0) is 42.7 Å². The van der Waals surface area contributed by atoms with E-state index in [1.54, 1.807) is 0 Å². The number of ketones is 1. The summed E-state index contributed by atoms with van der Waals surface area (Å²) in [6.45, 7) is 2.31. The topological polar surface area (TPSA) is 17.1 Å². The molecule has 1 aromatic carbocycles. The lowest BCUT2D eigenvalue weighted by Crippen LogP contribution is -2.25. The number of benzene rings is 1. The van der Waals surface area contributed by atoms with Crippen LogP contribution in [-0.2, 0) is 11.2 Å². The van der Waals surface area contributed by atoms with Crippen LogP contribution >= 0.6 is 0 Å². The standard InChI is InChI=1S/C17H22O/c1-12-6-8-14(9-7-12)17(18)16-11-10-13-4-2-3-5-15(13)16/h2-5,12,14,16H,6-11H2,1H3. The Morgan fingerprint density at radius 1 is 1.06 bits per heavy atom. The SMILES string of the molecule is CC1CCC(C(=O)C2CCc3ccccc32)CC1. The molecule has 0 aromatic heterocycles. The molecule has 1 fully saturated rings. The summed E-state index contributed by atoms with van der Waals surface area (Å²) in [5.41, 5.74) is 2.72. The summed E-state index contributed by atoms with van der Waals surface area (Å²) in [6.07, 6.45) is 6.87. The van der Waals surface area contributed by atoms with Crippen LogP contribution < -0.4 is 0 Å². The molecule has 1 nitrogen and oxygen atoms in total. The van der Waals surface area contributed by atoms with Crippen molar-refractivity contribution in [3.8, 4) is 0 Å². The lowest BCUT2D eigenvalue weighted by atomic mass is 9.77. The predicted molar refractivity (Wildman–Crippen MR) is 73.6 cm³/mol. The van der Waals surface area contributed by atoms with Crippen molar-refractivity contribution in [3.63, 3.8) is 0 Å². The first kappa shape index (κ1) is 12.0. The highest BCUT2D eigenvalue weighted by Gasteiger charge is 2.34. The molecular weight excluding hydrogens is 220 g/mol. The van der Waals surface area contributed by atoms with Gasteiger partial charge in [0.15, 0.2) is 0 Å². The van der Waals surface area contributed by atoms with Crippen LogP contribution in [0.5, 0.6) is 0 Å². The molecule has 0 N–H and O–H groups in total. The van der Waals surface area contributed by atoms with E-state index in [2.05, 4.69) is 31.2 Å². The highest BCUT2D eigenvalue weighted by atomic mass is 16.1. The third-order valence-electron chi connectivity index (χ3n) is 4.89. The Hall–Kier alpha value is -1.11. The van der Waals surface area contributed by atoms with Crippen molar-refractivity contribution < 1.29 is 4.79 Å². The van der Waals surface area contributed by atoms with E-state index >= 15 is 0 Å². The van der Waals surface area contributed by atoms with Gasteiger partial charge in [0.1, 0.15) is 5.78 Å². The fraction of sp³-hybridized carbons (Fsp3) is 0.588. The Labute approximate surface area is 110 Å². The Bertz CT molecular complexity index is 441. The molecule has 1 atom stereocenters. The first-order chi connectivity index (χ1) is 8.75. The first-order valence-electron chi connectivity index (χ1n) is 7.37. The largest absolute Gasteiger partial charge is 0.299 e. The molecule has 0 spiro atoms. The molecule has 0 aliphatic heterocycles. The Balaban J connectivity index is 1.74. The highest BCUT2D eigenvalue weighted by molar-refractivity contribution is 5.89. The lowest BCUT2D eigenvalue weighted by Gasteiger charge is -2.27. The van der Waals surface area contributed by atoms with Crippen molar-refractivity contribution in [3.05, 3.63) is 35.4 Å². The van der Waals surface area contributed by atoms with Gasteiger partial charge < -0.3 is 0 Å². The maximum absolute atomic E-state index is 12.7. The Morgan fingerprint density at radius 3 is 2.56 bits per heavy atom. The van der Waals surface area contributed by atoms with E-state index in [-0.39, 0.29) is 5.92 Å². The van der Waals surface area contributed by atoms with Crippen molar-refractivity contribution in [2.45, 2.75) is 51.4 Å². The molecule has 18 heavy (non-hydrogen) atoms. The second-order valence-electron chi connectivity index (χ2n) is 6.15. The second kappa shape index (κ2) is 4.87. The second-order valence-corrected chi connectivity index (χ2v) is 6.15. The monoisotopic (exact) mass is 242 g/mol. The predicted octanol–water partition coefficient (Wildman–Crippen LogP) is 4.11. The van der Waals surface area contributed by atoms with Crippen molar-refractivity contribution in [1.29, 1.82) is 0 Å². The molecule has 0 radical (unpaired) electrons. The molecule has 96 valence electrons. The molecule has 0 amide bonds. The molecule has 3 rings (SSSR count). The summed E-state index contributed by atoms with van der Waals surface area (Å²) in [4.78, 5) is 12.7. The molecule has 2 aliphatic rings. The molecule has 0 saturated heterocycles. The fourth-order valence-corrected chi connectivity index (χ4v) is 3.68. The van der Waals surface area contributed by atoms with Gasteiger partial charge in [-0.1, -0.05) is 44.0 Å². The van der Waals surface area contributed by atoms with Gasteiger partial charge in [-0.15, -0.1) is 0 Å². The van der Waals surface area contributed by atoms with Crippen LogP contribution in [0.1, 0.15) is 56.1 Å². The van der Waals surface area contributed by atoms with Crippen LogP contribution in [0, 0.1) is 11.8 Å². The van der Waals surface area contributed by atoms with E-state index in [9.17, 15) is 4.79 Å². The number of carbonyl (C=O) groups is 1. The zero-order valence-electron chi connectivity index (χ0n) is 11.2. The molecule has 1 saturated carbocycles. The summed E-state index contributed by atoms with van der Waals surface area (Å²) in [5.74, 6) is 1.91. The molecule has 1 unspecified atom stereocenters. The molecule has 2 aliphatic carbocycles. The zero-order valence-corrected chi connectivity index (χ0v) is 11.2. The van der Waals surface area contributed by atoms with E-state index in [0.717, 1.165) is 31.6 Å². The maximum atomic E-state index is 12.7. The summed E-state index contributed by atoms with van der Waals surface area (Å²) in [5, 5.41) is 0. The van der Waals surface area contributed by atoms with E-state index in [1.165, 1.54) is 24.0 Å². The van der Waals surface area contributed by atoms with Crippen molar-refractivity contribution in [2.75, 3.05) is 0 Å². The average Bonchev–Trinajstić information content (AvgIpc) is 2.82. The number of hydrogen-bond acceptors (Lipinski definition) is 1. The van der Waals surface area contributed by atoms with Gasteiger partial charge in [0.05, 0.1) is 0 Å². The normalized spacial score (nSPS) is 31.1. The van der Waals surface area contributed by atoms with Gasteiger partial charge in [-0.3, -0.25) is 4.79 Å². The summed E-state index contributed by atoms with van der Waals surface area (Å²) in [6, 6.07) is 8.52. The van der Waals surface area contributed by atoms with Crippen LogP contribution in [0.15, 0.2) is 24.3 Å². The Morgan fingerprint density at radius 2 is 1.78 bits per heavy atom. The number of Topliss-reactive ketones (excluding diaryl/α,β-unsaturated/α-hetero) is 1. The number of rotatable bonds is 2. The van der Waals surface area contributed by atoms with E-state index in [1.807, 2.05) is 0 Å². The van der Waals surface area contributed by atoms with E-state index < -0.39 is 0 Å². The van der Waals surface area contributed by atoms with Gasteiger partial charge in [-0.2, -0.15) is 0 Å². The van der Waals surface area contributed by atoms with Crippen molar-refractivity contribution in [2.24, 2.45) is 11.8 Å². The summed E-state index contributed by atoms with van der Waals surface area (Å²) < 4.78 is 0. The molecule has 0 heterocycles. The zero-order chi connectivity index (χ0) is 12.5. The highest BCUT2D eigenvalue weighted by Crippen LogP contribution is 2.39. The van der Waals surface area contributed by atoms with Gasteiger partial charge in [0.2, 0.25) is 0 Å². The van der Waals surface area contributed by atoms with Crippen LogP contribution in [0.25, 0.3) is 0 Å². The fourth-order valence-electron chi connectivity index (χ4n) is 3.68. The van der Waals surface area contributed by atoms with Crippen molar-refractivity contribution in [1.82, 2.24) is 0 Å². The minimum Gasteiger partial charge on any atom is -0.299 e. The number of aryl methyl sites for hydroxylation is 1. The Kier molecular flexibility index (Phi) is 3.23. The molecule has 0 bridgehead atoms. The molecule has 1 heteroatoms. The van der Waals surface area contributed by atoms with Gasteiger partial charge >= 0.3 is 0 Å². The first-order valence-corrected chi connectivity index (χ1v) is 7.37. The minimum absolute atomic E-state index is 0.208. The molecular formula is C17H22O. The van der Waals surface area contributed by atoms with E-state index in [4.69, 9.17) is 0 Å². The number of fused-ring (bicyclic) bond motifs is 1. The van der Waals surface area contributed by atoms with Crippen LogP contribution in [-0.4, -0.2) is 5.78 Å². The summed E-state index contributed by atoms with van der Waals surface area (Å²) in [7, 11) is 0. The van der Waals surface area contributed by atoms with Gasteiger partial charge in [-0.25, -0.2) is 0 Å². The smallest absolute Gasteiger partial charge is 0.143 e. The quantitative estimate of drug-likeness (QED) is 0.762. The third kappa shape index (κ3) is 2.11. The number of hydrogen-bond donors (Lipinski definition) is 0. The van der Waals surface area contributed by atoms with Gasteiger partial charge in [0.25, 0.3) is 0 Å². The van der Waals surface area contributed by atoms with Crippen LogP contribution in [0.2, 0.25) is 0 Å². The molecule has 1 aromatic rings. The summed E-state index contributed by atoms with van der Waals surface area (Å²) >= 11 is 0. The average molecular weight is 242 g/mol. The maximum Gasteiger partial charge on any atom is 0.143 e. The minimum atomic E-state index is 0.208. The van der Waals surface area contributed by atoms with E-state index in [0.29, 0.717) is 11.7 Å². The van der Waals surface area contributed by atoms with Crippen LogP contribution in [0.3, 0.4) is 0 Å².